The molecule has 3 heterocycles. The number of aryl methyl sites for hydroxylation is 1. The molecule has 0 bridgehead atoms. The molecule has 30 heavy (non-hydrogen) atoms. The number of hydrogen-bond donors (Lipinski definition) is 1. The van der Waals surface area contributed by atoms with Crippen molar-refractivity contribution >= 4 is 11.5 Å². The van der Waals surface area contributed by atoms with E-state index in [1.165, 1.54) is 28.3 Å². The van der Waals surface area contributed by atoms with Crippen LogP contribution in [0.25, 0.3) is 0 Å². The van der Waals surface area contributed by atoms with Gasteiger partial charge in [-0.25, -0.2) is 0 Å². The number of benzene rings is 1. The van der Waals surface area contributed by atoms with Gasteiger partial charge < -0.3 is 24.6 Å². The van der Waals surface area contributed by atoms with Crippen molar-refractivity contribution in [3.8, 4) is 0 Å². The van der Waals surface area contributed by atoms with Crippen LogP contribution in [0.15, 0.2) is 24.3 Å². The zero-order chi connectivity index (χ0) is 20.9. The minimum Gasteiger partial charge on any atom is -0.378 e. The van der Waals surface area contributed by atoms with Crippen LogP contribution in [0.1, 0.15) is 36.6 Å². The van der Waals surface area contributed by atoms with Crippen LogP contribution in [-0.4, -0.2) is 62.4 Å². The Labute approximate surface area is 179 Å². The lowest BCUT2D eigenvalue weighted by atomic mass is 10.0. The molecule has 1 aromatic heterocycles. The summed E-state index contributed by atoms with van der Waals surface area (Å²) in [4.78, 5) is 4.80. The number of hydrogen-bond acceptors (Lipinski definition) is 6. The zero-order valence-electron chi connectivity index (χ0n) is 18.6. The van der Waals surface area contributed by atoms with Gasteiger partial charge in [-0.15, -0.1) is 0 Å². The molecule has 0 spiro atoms. The van der Waals surface area contributed by atoms with Crippen molar-refractivity contribution in [1.82, 2.24) is 15.1 Å². The standard InChI is InChI=1S/C23H35N5O2/c1-18(2)22-21(23(26(3)25-22)28-10-14-30-15-11-28)17-24-16-19-4-6-20(7-5-19)27-8-12-29-13-9-27/h4-7,18,24H,8-17H2,1-3H3. The summed E-state index contributed by atoms with van der Waals surface area (Å²) in [5.74, 6) is 1.63. The van der Waals surface area contributed by atoms with Crippen LogP contribution in [-0.2, 0) is 29.6 Å². The summed E-state index contributed by atoms with van der Waals surface area (Å²) in [5, 5.41) is 8.51. The third-order valence-corrected chi connectivity index (χ3v) is 5.94. The van der Waals surface area contributed by atoms with Gasteiger partial charge in [0.05, 0.1) is 32.1 Å². The van der Waals surface area contributed by atoms with E-state index in [1.807, 2.05) is 0 Å². The molecular weight excluding hydrogens is 378 g/mol. The van der Waals surface area contributed by atoms with E-state index in [1.54, 1.807) is 0 Å². The molecule has 0 atom stereocenters. The van der Waals surface area contributed by atoms with Gasteiger partial charge in [0, 0.05) is 57.6 Å². The Morgan fingerprint density at radius 3 is 2.10 bits per heavy atom. The maximum Gasteiger partial charge on any atom is 0.131 e. The smallest absolute Gasteiger partial charge is 0.131 e. The fourth-order valence-electron chi connectivity index (χ4n) is 4.36. The quantitative estimate of drug-likeness (QED) is 0.753. The molecule has 2 saturated heterocycles. The van der Waals surface area contributed by atoms with Gasteiger partial charge in [0.25, 0.3) is 0 Å². The van der Waals surface area contributed by atoms with E-state index in [0.717, 1.165) is 65.7 Å². The number of nitrogens with zero attached hydrogens (tertiary/aromatic N) is 4. The number of aromatic nitrogens is 2. The number of ether oxygens (including phenoxy) is 2. The molecule has 0 aliphatic carbocycles. The van der Waals surface area contributed by atoms with Crippen molar-refractivity contribution in [2.24, 2.45) is 7.05 Å². The van der Waals surface area contributed by atoms with Crippen molar-refractivity contribution in [2.75, 3.05) is 62.4 Å². The highest BCUT2D eigenvalue weighted by Crippen LogP contribution is 2.29. The highest BCUT2D eigenvalue weighted by Gasteiger charge is 2.24. The first-order valence-corrected chi connectivity index (χ1v) is 11.1. The summed E-state index contributed by atoms with van der Waals surface area (Å²) < 4.78 is 13.1. The Kier molecular flexibility index (Phi) is 6.92. The second-order valence-electron chi connectivity index (χ2n) is 8.43. The molecule has 2 aliphatic rings. The van der Waals surface area contributed by atoms with E-state index in [4.69, 9.17) is 14.6 Å². The first-order valence-electron chi connectivity index (χ1n) is 11.1. The van der Waals surface area contributed by atoms with Gasteiger partial charge in [-0.2, -0.15) is 5.10 Å². The second-order valence-corrected chi connectivity index (χ2v) is 8.43. The monoisotopic (exact) mass is 413 g/mol. The molecule has 7 heteroatoms. The number of anilines is 2. The van der Waals surface area contributed by atoms with Crippen molar-refractivity contribution in [2.45, 2.75) is 32.9 Å². The van der Waals surface area contributed by atoms with E-state index in [2.05, 4.69) is 65.0 Å². The zero-order valence-corrected chi connectivity index (χ0v) is 18.6. The molecule has 2 aromatic rings. The lowest BCUT2D eigenvalue weighted by Gasteiger charge is -2.30. The Hall–Kier alpha value is -2.09. The third kappa shape index (κ3) is 4.79. The molecule has 2 fully saturated rings. The average Bonchev–Trinajstić information content (AvgIpc) is 3.12. The lowest BCUT2D eigenvalue weighted by Crippen LogP contribution is -2.38. The topological polar surface area (TPSA) is 54.8 Å². The average molecular weight is 414 g/mol. The molecule has 0 radical (unpaired) electrons. The molecule has 0 amide bonds. The van der Waals surface area contributed by atoms with Gasteiger partial charge in [0.1, 0.15) is 5.82 Å². The third-order valence-electron chi connectivity index (χ3n) is 5.94. The first-order chi connectivity index (χ1) is 14.6. The summed E-state index contributed by atoms with van der Waals surface area (Å²) >= 11 is 0. The highest BCUT2D eigenvalue weighted by atomic mass is 16.5. The summed E-state index contributed by atoms with van der Waals surface area (Å²) in [6.07, 6.45) is 0. The van der Waals surface area contributed by atoms with E-state index >= 15 is 0 Å². The fourth-order valence-corrected chi connectivity index (χ4v) is 4.36. The molecule has 0 saturated carbocycles. The normalized spacial score (nSPS) is 17.7. The Morgan fingerprint density at radius 2 is 1.50 bits per heavy atom. The predicted molar refractivity (Wildman–Crippen MR) is 120 cm³/mol. The lowest BCUT2D eigenvalue weighted by molar-refractivity contribution is 0.122. The number of morpholine rings is 2. The van der Waals surface area contributed by atoms with Crippen molar-refractivity contribution in [3.63, 3.8) is 0 Å². The van der Waals surface area contributed by atoms with Gasteiger partial charge in [0.2, 0.25) is 0 Å². The maximum absolute atomic E-state index is 5.55. The van der Waals surface area contributed by atoms with Gasteiger partial charge >= 0.3 is 0 Å². The van der Waals surface area contributed by atoms with E-state index in [9.17, 15) is 0 Å². The fraction of sp³-hybridized carbons (Fsp3) is 0.609. The summed E-state index contributed by atoms with van der Waals surface area (Å²) in [7, 11) is 2.06. The minimum absolute atomic E-state index is 0.399. The Balaban J connectivity index is 1.41. The largest absolute Gasteiger partial charge is 0.378 e. The van der Waals surface area contributed by atoms with Crippen molar-refractivity contribution < 1.29 is 9.47 Å². The van der Waals surface area contributed by atoms with Gasteiger partial charge in [-0.1, -0.05) is 26.0 Å². The van der Waals surface area contributed by atoms with Crippen LogP contribution in [0.3, 0.4) is 0 Å². The number of rotatable bonds is 7. The van der Waals surface area contributed by atoms with Crippen LogP contribution in [0, 0.1) is 0 Å². The van der Waals surface area contributed by atoms with E-state index in [-0.39, 0.29) is 0 Å². The van der Waals surface area contributed by atoms with E-state index < -0.39 is 0 Å². The molecular formula is C23H35N5O2. The van der Waals surface area contributed by atoms with Crippen LogP contribution < -0.4 is 15.1 Å². The van der Waals surface area contributed by atoms with Gasteiger partial charge in [0.15, 0.2) is 0 Å². The van der Waals surface area contributed by atoms with E-state index in [0.29, 0.717) is 5.92 Å². The Morgan fingerprint density at radius 1 is 0.900 bits per heavy atom. The van der Waals surface area contributed by atoms with Crippen LogP contribution in [0.5, 0.6) is 0 Å². The van der Waals surface area contributed by atoms with Crippen molar-refractivity contribution in [1.29, 1.82) is 0 Å². The van der Waals surface area contributed by atoms with Gasteiger partial charge in [-0.05, 0) is 23.6 Å². The summed E-state index contributed by atoms with van der Waals surface area (Å²) in [6, 6.07) is 8.91. The van der Waals surface area contributed by atoms with Crippen LogP contribution in [0.2, 0.25) is 0 Å². The summed E-state index contributed by atoms with van der Waals surface area (Å²) in [5.41, 5.74) is 5.09. The Bertz CT molecular complexity index is 806. The van der Waals surface area contributed by atoms with Gasteiger partial charge in [-0.3, -0.25) is 4.68 Å². The minimum atomic E-state index is 0.399. The first kappa shape index (κ1) is 21.2. The summed E-state index contributed by atoms with van der Waals surface area (Å²) in [6.45, 7) is 13.1. The highest BCUT2D eigenvalue weighted by molar-refractivity contribution is 5.52. The molecule has 2 aliphatic heterocycles. The predicted octanol–water partition coefficient (Wildman–Crippen LogP) is 2.51. The molecule has 1 N–H and O–H groups in total. The van der Waals surface area contributed by atoms with Crippen LogP contribution >= 0.6 is 0 Å². The van der Waals surface area contributed by atoms with Crippen molar-refractivity contribution in [3.05, 3.63) is 41.1 Å². The molecule has 0 unspecified atom stereocenters. The van der Waals surface area contributed by atoms with Crippen LogP contribution in [0.4, 0.5) is 11.5 Å². The molecule has 7 nitrogen and oxygen atoms in total. The molecule has 4 rings (SSSR count). The number of nitrogens with one attached hydrogen (secondary N) is 1. The molecule has 164 valence electrons. The maximum atomic E-state index is 5.55. The molecule has 1 aromatic carbocycles. The second kappa shape index (κ2) is 9.81. The SMILES string of the molecule is CC(C)c1nn(C)c(N2CCOCC2)c1CNCc1ccc(N2CCOCC2)cc1.